The molecule has 0 aliphatic rings. The van der Waals surface area contributed by atoms with Gasteiger partial charge >= 0.3 is 0 Å². The number of nitrogens with zero attached hydrogens (tertiary/aromatic N) is 3. The zero-order chi connectivity index (χ0) is 12.5. The number of fused-ring (bicyclic) bond motifs is 1. The smallest absolute Gasteiger partial charge is 0.154 e. The average molecular weight is 242 g/mol. The van der Waals surface area contributed by atoms with Gasteiger partial charge in [-0.1, -0.05) is 0 Å². The lowest BCUT2D eigenvalue weighted by Gasteiger charge is -2.04. The fraction of sp³-hybridized carbons (Fsp3) is 0.231. The average Bonchev–Trinajstić information content (AvgIpc) is 2.94. The van der Waals surface area contributed by atoms with Crippen molar-refractivity contribution in [2.45, 2.75) is 13.5 Å². The number of hydrogen-bond donors (Lipinski definition) is 1. The summed E-state index contributed by atoms with van der Waals surface area (Å²) in [5, 5.41) is 3.25. The van der Waals surface area contributed by atoms with Crippen molar-refractivity contribution in [2.75, 3.05) is 5.32 Å². The van der Waals surface area contributed by atoms with Crippen molar-refractivity contribution >= 4 is 16.9 Å². The third kappa shape index (κ3) is 1.84. The van der Waals surface area contributed by atoms with Crippen molar-refractivity contribution in [1.82, 2.24) is 14.5 Å². The molecule has 0 fully saturated rings. The van der Waals surface area contributed by atoms with Gasteiger partial charge in [0.25, 0.3) is 0 Å². The van der Waals surface area contributed by atoms with Crippen LogP contribution in [-0.2, 0) is 13.6 Å². The summed E-state index contributed by atoms with van der Waals surface area (Å²) in [5.74, 6) is 2.58. The quantitative estimate of drug-likeness (QED) is 0.766. The summed E-state index contributed by atoms with van der Waals surface area (Å²) in [7, 11) is 1.97. The lowest BCUT2D eigenvalue weighted by molar-refractivity contribution is 0.490. The molecule has 0 amide bonds. The largest absolute Gasteiger partial charge is 0.465 e. The van der Waals surface area contributed by atoms with E-state index >= 15 is 0 Å². The molecule has 0 atom stereocenters. The number of anilines is 1. The van der Waals surface area contributed by atoms with Gasteiger partial charge in [0.2, 0.25) is 0 Å². The Hall–Kier alpha value is -2.30. The molecule has 0 radical (unpaired) electrons. The first-order chi connectivity index (χ1) is 8.74. The number of nitrogens with one attached hydrogen (secondary N) is 1. The molecule has 5 heteroatoms. The van der Waals surface area contributed by atoms with Crippen molar-refractivity contribution in [1.29, 1.82) is 0 Å². The molecule has 3 aromatic heterocycles. The van der Waals surface area contributed by atoms with Crippen molar-refractivity contribution < 1.29 is 4.42 Å². The van der Waals surface area contributed by atoms with E-state index in [2.05, 4.69) is 15.3 Å². The third-order valence-corrected chi connectivity index (χ3v) is 2.87. The van der Waals surface area contributed by atoms with Crippen LogP contribution < -0.4 is 5.32 Å². The molecule has 0 aliphatic carbocycles. The Kier molecular flexibility index (Phi) is 2.51. The second-order valence-electron chi connectivity index (χ2n) is 4.25. The molecule has 0 unspecified atom stereocenters. The van der Waals surface area contributed by atoms with Gasteiger partial charge in [0.1, 0.15) is 17.0 Å². The second kappa shape index (κ2) is 4.18. The predicted octanol–water partition coefficient (Wildman–Crippen LogP) is 2.48. The fourth-order valence-corrected chi connectivity index (χ4v) is 1.94. The minimum Gasteiger partial charge on any atom is -0.465 e. The van der Waals surface area contributed by atoms with Gasteiger partial charge in [0, 0.05) is 13.2 Å². The van der Waals surface area contributed by atoms with Gasteiger partial charge in [-0.15, -0.1) is 0 Å². The molecular formula is C13H14N4O. The summed E-state index contributed by atoms with van der Waals surface area (Å²) in [6.07, 6.45) is 3.56. The lowest BCUT2D eigenvalue weighted by atomic mass is 10.3. The van der Waals surface area contributed by atoms with E-state index in [0.717, 1.165) is 28.4 Å². The molecule has 92 valence electrons. The minimum atomic E-state index is 0.608. The summed E-state index contributed by atoms with van der Waals surface area (Å²) in [6.45, 7) is 2.54. The fourth-order valence-electron chi connectivity index (χ4n) is 1.94. The van der Waals surface area contributed by atoms with Crippen LogP contribution in [0, 0.1) is 6.92 Å². The Morgan fingerprint density at radius 3 is 2.94 bits per heavy atom. The van der Waals surface area contributed by atoms with Crippen LogP contribution in [0.15, 0.2) is 35.1 Å². The molecule has 3 heterocycles. The van der Waals surface area contributed by atoms with Crippen LogP contribution in [0.3, 0.4) is 0 Å². The van der Waals surface area contributed by atoms with Crippen LogP contribution in [-0.4, -0.2) is 14.5 Å². The van der Waals surface area contributed by atoms with E-state index in [0.29, 0.717) is 6.54 Å². The number of rotatable bonds is 3. The van der Waals surface area contributed by atoms with Crippen molar-refractivity contribution in [3.05, 3.63) is 42.2 Å². The molecule has 0 saturated heterocycles. The zero-order valence-electron chi connectivity index (χ0n) is 10.3. The van der Waals surface area contributed by atoms with Gasteiger partial charge in [-0.3, -0.25) is 0 Å². The van der Waals surface area contributed by atoms with Gasteiger partial charge < -0.3 is 14.3 Å². The summed E-state index contributed by atoms with van der Waals surface area (Å²) in [4.78, 5) is 8.66. The normalized spacial score (nSPS) is 11.0. The topological polar surface area (TPSA) is 55.9 Å². The van der Waals surface area contributed by atoms with Crippen LogP contribution in [0.25, 0.3) is 11.0 Å². The number of furan rings is 1. The Bertz CT molecular complexity index is 683. The van der Waals surface area contributed by atoms with Gasteiger partial charge in [0.15, 0.2) is 5.82 Å². The summed E-state index contributed by atoms with van der Waals surface area (Å²) in [5.41, 5.74) is 1.94. The summed E-state index contributed by atoms with van der Waals surface area (Å²) < 4.78 is 7.48. The molecular weight excluding hydrogens is 228 g/mol. The molecule has 1 N–H and O–H groups in total. The SMILES string of the molecule is Cc1ccc(CNc2nccc3c2ncn3C)o1. The first-order valence-corrected chi connectivity index (χ1v) is 5.79. The maximum Gasteiger partial charge on any atom is 0.154 e. The van der Waals surface area contributed by atoms with E-state index in [-0.39, 0.29) is 0 Å². The molecule has 0 bridgehead atoms. The van der Waals surface area contributed by atoms with Crippen LogP contribution in [0.1, 0.15) is 11.5 Å². The van der Waals surface area contributed by atoms with Gasteiger partial charge in [-0.05, 0) is 25.1 Å². The highest BCUT2D eigenvalue weighted by Crippen LogP contribution is 2.19. The van der Waals surface area contributed by atoms with E-state index in [1.165, 1.54) is 0 Å². The zero-order valence-corrected chi connectivity index (χ0v) is 10.3. The Labute approximate surface area is 104 Å². The first kappa shape index (κ1) is 10.8. The van der Waals surface area contributed by atoms with E-state index < -0.39 is 0 Å². The Morgan fingerprint density at radius 2 is 2.17 bits per heavy atom. The molecule has 3 rings (SSSR count). The van der Waals surface area contributed by atoms with Crippen molar-refractivity contribution in [3.8, 4) is 0 Å². The molecule has 0 spiro atoms. The Balaban J connectivity index is 1.86. The van der Waals surface area contributed by atoms with Gasteiger partial charge in [-0.25, -0.2) is 9.97 Å². The highest BCUT2D eigenvalue weighted by molar-refractivity contribution is 5.85. The number of pyridine rings is 1. The maximum atomic E-state index is 5.51. The first-order valence-electron chi connectivity index (χ1n) is 5.79. The second-order valence-corrected chi connectivity index (χ2v) is 4.25. The standard InChI is InChI=1S/C13H14N4O/c1-9-3-4-10(18-9)7-15-13-12-11(5-6-14-13)17(2)8-16-12/h3-6,8H,7H2,1-2H3,(H,14,15). The molecule has 0 aliphatic heterocycles. The van der Waals surface area contributed by atoms with Crippen LogP contribution in [0.4, 0.5) is 5.82 Å². The molecule has 3 aromatic rings. The molecule has 0 aromatic carbocycles. The third-order valence-electron chi connectivity index (χ3n) is 2.87. The van der Waals surface area contributed by atoms with E-state index in [1.54, 1.807) is 12.5 Å². The highest BCUT2D eigenvalue weighted by atomic mass is 16.3. The summed E-state index contributed by atoms with van der Waals surface area (Å²) >= 11 is 0. The number of imidazole rings is 1. The lowest BCUT2D eigenvalue weighted by Crippen LogP contribution is -2.01. The summed E-state index contributed by atoms with van der Waals surface area (Å²) in [6, 6.07) is 5.86. The number of hydrogen-bond acceptors (Lipinski definition) is 4. The highest BCUT2D eigenvalue weighted by Gasteiger charge is 2.07. The van der Waals surface area contributed by atoms with E-state index in [9.17, 15) is 0 Å². The molecule has 18 heavy (non-hydrogen) atoms. The van der Waals surface area contributed by atoms with Crippen LogP contribution >= 0.6 is 0 Å². The van der Waals surface area contributed by atoms with Crippen LogP contribution in [0.5, 0.6) is 0 Å². The number of aryl methyl sites for hydroxylation is 2. The van der Waals surface area contributed by atoms with E-state index in [1.807, 2.05) is 36.7 Å². The molecule has 5 nitrogen and oxygen atoms in total. The van der Waals surface area contributed by atoms with Gasteiger partial charge in [0.05, 0.1) is 18.4 Å². The van der Waals surface area contributed by atoms with Crippen LogP contribution in [0.2, 0.25) is 0 Å². The van der Waals surface area contributed by atoms with Gasteiger partial charge in [-0.2, -0.15) is 0 Å². The van der Waals surface area contributed by atoms with Crippen molar-refractivity contribution in [3.63, 3.8) is 0 Å². The maximum absolute atomic E-state index is 5.51. The number of aromatic nitrogens is 3. The van der Waals surface area contributed by atoms with Crippen molar-refractivity contribution in [2.24, 2.45) is 7.05 Å². The predicted molar refractivity (Wildman–Crippen MR) is 69.3 cm³/mol. The Morgan fingerprint density at radius 1 is 1.28 bits per heavy atom. The van der Waals surface area contributed by atoms with E-state index in [4.69, 9.17) is 4.42 Å². The minimum absolute atomic E-state index is 0.608. The monoisotopic (exact) mass is 242 g/mol. The molecule has 0 saturated carbocycles.